The van der Waals surface area contributed by atoms with Crippen molar-refractivity contribution in [1.82, 2.24) is 0 Å². The van der Waals surface area contributed by atoms with Crippen molar-refractivity contribution in [3.8, 4) is 11.5 Å². The number of rotatable bonds is 8. The van der Waals surface area contributed by atoms with Crippen LogP contribution in [0.5, 0.6) is 11.5 Å². The van der Waals surface area contributed by atoms with Gasteiger partial charge in [-0.2, -0.15) is 0 Å². The summed E-state index contributed by atoms with van der Waals surface area (Å²) in [5, 5.41) is 4.97. The average molecular weight is 394 g/mol. The number of carbonyl (C=O) groups excluding carboxylic acids is 1. The van der Waals surface area contributed by atoms with E-state index in [4.69, 9.17) is 9.47 Å². The summed E-state index contributed by atoms with van der Waals surface area (Å²) in [7, 11) is 1.59. The van der Waals surface area contributed by atoms with Gasteiger partial charge in [0.05, 0.1) is 18.1 Å². The van der Waals surface area contributed by atoms with Crippen LogP contribution in [0.25, 0.3) is 0 Å². The number of nitrogens with one attached hydrogen (secondary N) is 1. The molecular formula is C18H22BrN2O3+. The molecule has 0 heterocycles. The van der Waals surface area contributed by atoms with E-state index in [0.29, 0.717) is 11.5 Å². The first-order valence-electron chi connectivity index (χ1n) is 7.79. The number of methoxy groups -OCH3 is 1. The van der Waals surface area contributed by atoms with E-state index in [-0.39, 0.29) is 12.5 Å². The van der Waals surface area contributed by atoms with Crippen LogP contribution in [0.2, 0.25) is 0 Å². The summed E-state index contributed by atoms with van der Waals surface area (Å²) in [5.74, 6) is 0.913. The highest BCUT2D eigenvalue weighted by Gasteiger charge is 2.14. The lowest BCUT2D eigenvalue weighted by Gasteiger charge is -2.14. The molecule has 3 N–H and O–H groups in total. The first-order valence-corrected chi connectivity index (χ1v) is 8.59. The second kappa shape index (κ2) is 9.30. The monoisotopic (exact) mass is 393 g/mol. The van der Waals surface area contributed by atoms with Crippen LogP contribution in [0, 0.1) is 0 Å². The lowest BCUT2D eigenvalue weighted by Crippen LogP contribution is -2.81. The number of quaternary nitrogens is 1. The maximum atomic E-state index is 12.0. The Labute approximate surface area is 150 Å². The van der Waals surface area contributed by atoms with Gasteiger partial charge >= 0.3 is 0 Å². The minimum absolute atomic E-state index is 0.0930. The molecule has 0 atom stereocenters. The summed E-state index contributed by atoms with van der Waals surface area (Å²) >= 11 is 3.50. The van der Waals surface area contributed by atoms with Crippen LogP contribution >= 0.6 is 15.9 Å². The number of hydrogen-bond acceptors (Lipinski definition) is 3. The second-order valence-electron chi connectivity index (χ2n) is 5.21. The minimum Gasteiger partial charge on any atom is -0.493 e. The molecule has 0 aromatic heterocycles. The maximum Gasteiger partial charge on any atom is 0.262 e. The summed E-state index contributed by atoms with van der Waals surface area (Å²) in [6.07, 6.45) is 0. The predicted octanol–water partition coefficient (Wildman–Crippen LogP) is 2.56. The normalized spacial score (nSPS) is 10.3. The Balaban J connectivity index is 2.02. The van der Waals surface area contributed by atoms with Gasteiger partial charge in [-0.15, -0.1) is 0 Å². The average Bonchev–Trinajstić information content (AvgIpc) is 2.59. The minimum atomic E-state index is -0.224. The highest BCUT2D eigenvalue weighted by Crippen LogP contribution is 2.36. The van der Waals surface area contributed by atoms with Gasteiger partial charge in [0.1, 0.15) is 6.54 Å². The van der Waals surface area contributed by atoms with Gasteiger partial charge in [0.25, 0.3) is 5.91 Å². The van der Waals surface area contributed by atoms with Crippen molar-refractivity contribution in [2.45, 2.75) is 13.5 Å². The van der Waals surface area contributed by atoms with Crippen LogP contribution in [0.3, 0.4) is 0 Å². The summed E-state index contributed by atoms with van der Waals surface area (Å²) in [5.41, 5.74) is 1.87. The number of benzene rings is 2. The van der Waals surface area contributed by atoms with Crippen molar-refractivity contribution in [3.05, 3.63) is 52.5 Å². The fourth-order valence-corrected chi connectivity index (χ4v) is 2.80. The Kier molecular flexibility index (Phi) is 7.08. The Morgan fingerprint density at radius 3 is 2.67 bits per heavy atom. The third-order valence-electron chi connectivity index (χ3n) is 3.36. The van der Waals surface area contributed by atoms with Crippen molar-refractivity contribution >= 4 is 27.5 Å². The van der Waals surface area contributed by atoms with Crippen molar-refractivity contribution < 1.29 is 19.6 Å². The van der Waals surface area contributed by atoms with Crippen molar-refractivity contribution in [3.63, 3.8) is 0 Å². The number of nitrogens with two attached hydrogens (primary N) is 1. The van der Waals surface area contributed by atoms with Crippen LogP contribution in [-0.2, 0) is 11.3 Å². The molecule has 2 rings (SSSR count). The van der Waals surface area contributed by atoms with E-state index < -0.39 is 0 Å². The van der Waals surface area contributed by atoms with Gasteiger partial charge in [0, 0.05) is 11.3 Å². The second-order valence-corrected chi connectivity index (χ2v) is 6.07. The molecule has 0 saturated carbocycles. The van der Waals surface area contributed by atoms with E-state index in [1.807, 2.05) is 42.5 Å². The predicted molar refractivity (Wildman–Crippen MR) is 97.4 cm³/mol. The van der Waals surface area contributed by atoms with Crippen LogP contribution < -0.4 is 20.1 Å². The van der Waals surface area contributed by atoms with E-state index in [9.17, 15) is 4.79 Å². The summed E-state index contributed by atoms with van der Waals surface area (Å²) in [6.45, 7) is 3.89. The molecule has 0 spiro atoms. The van der Waals surface area contributed by atoms with Crippen LogP contribution in [0.1, 0.15) is 12.5 Å². The molecule has 5 nitrogen and oxygen atoms in total. The quantitative estimate of drug-likeness (QED) is 0.724. The lowest BCUT2D eigenvalue weighted by molar-refractivity contribution is -0.667. The van der Waals surface area contributed by atoms with Gasteiger partial charge in [-0.05, 0) is 47.1 Å². The molecule has 0 fully saturated rings. The fourth-order valence-electron chi connectivity index (χ4n) is 2.20. The third kappa shape index (κ3) is 5.25. The van der Waals surface area contributed by atoms with Gasteiger partial charge in [-0.1, -0.05) is 18.2 Å². The number of anilines is 1. The lowest BCUT2D eigenvalue weighted by atomic mass is 10.2. The standard InChI is InChI=1S/C18H21BrN2O3/c1-3-20-11-13-9-15(19)18(16(10-13)23-2)24-12-17(22)21-14-7-5-4-6-8-14/h4-10,20H,3,11-12H2,1-2H3,(H,21,22)/p+1. The van der Waals surface area contributed by atoms with E-state index in [1.54, 1.807) is 7.11 Å². The molecule has 128 valence electrons. The SMILES string of the molecule is CC[NH2+]Cc1cc(Br)c(OCC(=O)Nc2ccccc2)c(OC)c1. The molecule has 0 aliphatic carbocycles. The number of halogens is 1. The smallest absolute Gasteiger partial charge is 0.262 e. The Hall–Kier alpha value is -2.05. The summed E-state index contributed by atoms with van der Waals surface area (Å²) in [4.78, 5) is 12.0. The zero-order chi connectivity index (χ0) is 17.4. The molecule has 0 aliphatic heterocycles. The van der Waals surface area contributed by atoms with Gasteiger partial charge in [0.15, 0.2) is 18.1 Å². The molecule has 0 saturated heterocycles. The molecule has 24 heavy (non-hydrogen) atoms. The van der Waals surface area contributed by atoms with Crippen molar-refractivity contribution in [2.75, 3.05) is 25.6 Å². The molecule has 2 aromatic carbocycles. The van der Waals surface area contributed by atoms with Gasteiger partial charge in [-0.25, -0.2) is 0 Å². The molecule has 2 aromatic rings. The third-order valence-corrected chi connectivity index (χ3v) is 3.95. The maximum absolute atomic E-state index is 12.0. The molecular weight excluding hydrogens is 372 g/mol. The van der Waals surface area contributed by atoms with E-state index >= 15 is 0 Å². The highest BCUT2D eigenvalue weighted by molar-refractivity contribution is 9.10. The first-order chi connectivity index (χ1) is 11.6. The largest absolute Gasteiger partial charge is 0.493 e. The molecule has 0 radical (unpaired) electrons. The number of ether oxygens (including phenoxy) is 2. The molecule has 0 aliphatic rings. The van der Waals surface area contributed by atoms with Gasteiger partial charge < -0.3 is 20.1 Å². The van der Waals surface area contributed by atoms with Gasteiger partial charge in [0.2, 0.25) is 0 Å². The summed E-state index contributed by atoms with van der Waals surface area (Å²) in [6, 6.07) is 13.2. The van der Waals surface area contributed by atoms with Crippen molar-refractivity contribution in [1.29, 1.82) is 0 Å². The zero-order valence-electron chi connectivity index (χ0n) is 13.8. The Morgan fingerprint density at radius 2 is 2.00 bits per heavy atom. The number of carbonyl (C=O) groups is 1. The highest BCUT2D eigenvalue weighted by atomic mass is 79.9. The summed E-state index contributed by atoms with van der Waals surface area (Å²) < 4.78 is 11.8. The Bertz CT molecular complexity index is 677. The van der Waals surface area contributed by atoms with Crippen molar-refractivity contribution in [2.24, 2.45) is 0 Å². The van der Waals surface area contributed by atoms with E-state index in [2.05, 4.69) is 33.5 Å². The molecule has 1 amide bonds. The zero-order valence-corrected chi connectivity index (χ0v) is 15.4. The van der Waals surface area contributed by atoms with Crippen LogP contribution in [-0.4, -0.2) is 26.2 Å². The molecule has 6 heteroatoms. The number of para-hydroxylation sites is 1. The van der Waals surface area contributed by atoms with Gasteiger partial charge in [-0.3, -0.25) is 4.79 Å². The molecule has 0 bridgehead atoms. The fraction of sp³-hybridized carbons (Fsp3) is 0.278. The molecule has 0 unspecified atom stereocenters. The number of hydrogen-bond donors (Lipinski definition) is 2. The van der Waals surface area contributed by atoms with E-state index in [1.165, 1.54) is 0 Å². The van der Waals surface area contributed by atoms with Crippen LogP contribution in [0.15, 0.2) is 46.9 Å². The Morgan fingerprint density at radius 1 is 1.25 bits per heavy atom. The first kappa shape index (κ1) is 18.3. The van der Waals surface area contributed by atoms with E-state index in [0.717, 1.165) is 28.8 Å². The number of amides is 1. The van der Waals surface area contributed by atoms with Crippen LogP contribution in [0.4, 0.5) is 5.69 Å². The topological polar surface area (TPSA) is 64.2 Å².